The van der Waals surface area contributed by atoms with E-state index in [1.165, 1.54) is 17.3 Å². The fourth-order valence-corrected chi connectivity index (χ4v) is 4.12. The smallest absolute Gasteiger partial charge is 0.234 e. The molecule has 0 unspecified atom stereocenters. The maximum Gasteiger partial charge on any atom is 0.234 e. The van der Waals surface area contributed by atoms with Gasteiger partial charge in [0, 0.05) is 11.1 Å². The molecule has 0 aliphatic heterocycles. The molecule has 1 aromatic heterocycles. The average Bonchev–Trinajstić information content (AvgIpc) is 3.09. The van der Waals surface area contributed by atoms with Gasteiger partial charge in [0.15, 0.2) is 5.16 Å². The maximum atomic E-state index is 12.6. The maximum absolute atomic E-state index is 12.6. The number of benzene rings is 3. The molecular weight excluding hydrogens is 380 g/mol. The number of aryl methyl sites for hydroxylation is 3. The van der Waals surface area contributed by atoms with Crippen LogP contribution in [0.15, 0.2) is 65.8 Å². The fraction of sp³-hybridized carbons (Fsp3) is 0.174. The second kappa shape index (κ2) is 8.09. The average molecular weight is 403 g/mol. The van der Waals surface area contributed by atoms with Crippen LogP contribution in [0.2, 0.25) is 0 Å². The van der Waals surface area contributed by atoms with E-state index in [1.54, 1.807) is 0 Å². The molecule has 0 radical (unpaired) electrons. The van der Waals surface area contributed by atoms with Crippen LogP contribution in [-0.4, -0.2) is 26.4 Å². The molecule has 0 aliphatic carbocycles. The van der Waals surface area contributed by atoms with Gasteiger partial charge < -0.3 is 5.32 Å². The van der Waals surface area contributed by atoms with Gasteiger partial charge in [0.1, 0.15) is 5.82 Å². The molecule has 0 saturated heterocycles. The highest BCUT2D eigenvalue weighted by molar-refractivity contribution is 7.99. The van der Waals surface area contributed by atoms with Crippen molar-refractivity contribution in [2.75, 3.05) is 11.1 Å². The topological polar surface area (TPSA) is 59.8 Å². The number of nitrogens with zero attached hydrogens (tertiary/aromatic N) is 3. The van der Waals surface area contributed by atoms with Crippen molar-refractivity contribution in [1.82, 2.24) is 14.8 Å². The third-order valence-corrected chi connectivity index (χ3v) is 5.73. The lowest BCUT2D eigenvalue weighted by atomic mass is 10.1. The highest BCUT2D eigenvalue weighted by atomic mass is 32.2. The van der Waals surface area contributed by atoms with Gasteiger partial charge in [0.2, 0.25) is 5.91 Å². The summed E-state index contributed by atoms with van der Waals surface area (Å²) in [5.74, 6) is 0.988. The summed E-state index contributed by atoms with van der Waals surface area (Å²) in [5, 5.41) is 14.4. The molecule has 3 aromatic carbocycles. The van der Waals surface area contributed by atoms with Crippen LogP contribution in [0.5, 0.6) is 0 Å². The van der Waals surface area contributed by atoms with Crippen LogP contribution >= 0.6 is 11.8 Å². The summed E-state index contributed by atoms with van der Waals surface area (Å²) in [6.07, 6.45) is 0. The minimum Gasteiger partial charge on any atom is -0.325 e. The summed E-state index contributed by atoms with van der Waals surface area (Å²) in [6, 6.07) is 20.2. The molecule has 6 heteroatoms. The fourth-order valence-electron chi connectivity index (χ4n) is 3.32. The summed E-state index contributed by atoms with van der Waals surface area (Å²) >= 11 is 1.39. The molecule has 1 amide bonds. The van der Waals surface area contributed by atoms with Crippen molar-refractivity contribution in [3.05, 3.63) is 77.6 Å². The van der Waals surface area contributed by atoms with Gasteiger partial charge in [-0.3, -0.25) is 9.36 Å². The summed E-state index contributed by atoms with van der Waals surface area (Å²) in [7, 11) is 0. The van der Waals surface area contributed by atoms with E-state index < -0.39 is 0 Å². The van der Waals surface area contributed by atoms with Crippen LogP contribution in [0, 0.1) is 20.8 Å². The lowest BCUT2D eigenvalue weighted by molar-refractivity contribution is -0.113. The first-order valence-corrected chi connectivity index (χ1v) is 10.4. The standard InChI is InChI=1S/C23H22N4OS/c1-15-11-12-16(2)21(13-15)27-17(3)25-26-23(27)29-14-22(28)24-20-10-6-8-18-7-4-5-9-19(18)20/h4-13H,14H2,1-3H3,(H,24,28). The molecule has 1 heterocycles. The van der Waals surface area contributed by atoms with Gasteiger partial charge in [-0.1, -0.05) is 60.3 Å². The lowest BCUT2D eigenvalue weighted by Crippen LogP contribution is -2.15. The van der Waals surface area contributed by atoms with Gasteiger partial charge in [0.25, 0.3) is 0 Å². The van der Waals surface area contributed by atoms with E-state index in [-0.39, 0.29) is 11.7 Å². The van der Waals surface area contributed by atoms with Gasteiger partial charge in [0.05, 0.1) is 11.4 Å². The Morgan fingerprint density at radius 3 is 2.66 bits per heavy atom. The highest BCUT2D eigenvalue weighted by Crippen LogP contribution is 2.26. The minimum absolute atomic E-state index is 0.0699. The molecule has 0 atom stereocenters. The molecule has 0 saturated carbocycles. The Bertz CT molecular complexity index is 1190. The molecular formula is C23H22N4OS. The summed E-state index contributed by atoms with van der Waals surface area (Å²) in [5.41, 5.74) is 4.18. The molecule has 0 spiro atoms. The van der Waals surface area contributed by atoms with Crippen LogP contribution in [0.3, 0.4) is 0 Å². The number of fused-ring (bicyclic) bond motifs is 1. The first-order valence-electron chi connectivity index (χ1n) is 9.43. The van der Waals surface area contributed by atoms with Crippen molar-refractivity contribution in [3.8, 4) is 5.69 Å². The molecule has 0 bridgehead atoms. The lowest BCUT2D eigenvalue weighted by Gasteiger charge is -2.12. The Morgan fingerprint density at radius 2 is 1.79 bits per heavy atom. The van der Waals surface area contributed by atoms with Crippen molar-refractivity contribution < 1.29 is 4.79 Å². The quantitative estimate of drug-likeness (QED) is 0.473. The van der Waals surface area contributed by atoms with E-state index in [0.29, 0.717) is 5.16 Å². The number of nitrogens with one attached hydrogen (secondary N) is 1. The number of rotatable bonds is 5. The SMILES string of the molecule is Cc1ccc(C)c(-n2c(C)nnc2SCC(=O)Nc2cccc3ccccc23)c1. The summed E-state index contributed by atoms with van der Waals surface area (Å²) in [4.78, 5) is 12.6. The van der Waals surface area contributed by atoms with E-state index in [2.05, 4.69) is 47.6 Å². The van der Waals surface area contributed by atoms with Crippen LogP contribution in [0.25, 0.3) is 16.5 Å². The Balaban J connectivity index is 1.53. The van der Waals surface area contributed by atoms with Gasteiger partial charge in [-0.05, 0) is 49.4 Å². The number of aromatic nitrogens is 3. The van der Waals surface area contributed by atoms with Crippen LogP contribution < -0.4 is 5.32 Å². The van der Waals surface area contributed by atoms with Gasteiger partial charge >= 0.3 is 0 Å². The van der Waals surface area contributed by atoms with E-state index >= 15 is 0 Å². The number of carbonyl (C=O) groups excluding carboxylic acids is 1. The third kappa shape index (κ3) is 4.03. The van der Waals surface area contributed by atoms with Crippen molar-refractivity contribution in [2.24, 2.45) is 0 Å². The molecule has 0 fully saturated rings. The Kier molecular flexibility index (Phi) is 5.36. The number of anilines is 1. The Labute approximate surface area is 174 Å². The van der Waals surface area contributed by atoms with Gasteiger partial charge in [-0.15, -0.1) is 10.2 Å². The van der Waals surface area contributed by atoms with Gasteiger partial charge in [-0.25, -0.2) is 0 Å². The molecule has 4 aromatic rings. The van der Waals surface area contributed by atoms with Crippen LogP contribution in [0.4, 0.5) is 5.69 Å². The van der Waals surface area contributed by atoms with Crippen LogP contribution in [-0.2, 0) is 4.79 Å². The molecule has 1 N–H and O–H groups in total. The number of carbonyl (C=O) groups is 1. The molecule has 4 rings (SSSR count). The first-order chi connectivity index (χ1) is 14.0. The Morgan fingerprint density at radius 1 is 1.00 bits per heavy atom. The zero-order chi connectivity index (χ0) is 20.4. The largest absolute Gasteiger partial charge is 0.325 e. The summed E-state index contributed by atoms with van der Waals surface area (Å²) in [6.45, 7) is 6.05. The highest BCUT2D eigenvalue weighted by Gasteiger charge is 2.15. The zero-order valence-corrected chi connectivity index (χ0v) is 17.5. The van der Waals surface area contributed by atoms with Crippen molar-refractivity contribution in [1.29, 1.82) is 0 Å². The zero-order valence-electron chi connectivity index (χ0n) is 16.6. The molecule has 146 valence electrons. The normalized spacial score (nSPS) is 11.0. The van der Waals surface area contributed by atoms with Crippen molar-refractivity contribution >= 4 is 34.1 Å². The summed E-state index contributed by atoms with van der Waals surface area (Å²) < 4.78 is 2.01. The second-order valence-electron chi connectivity index (χ2n) is 7.02. The first kappa shape index (κ1) is 19.2. The minimum atomic E-state index is -0.0699. The number of thioether (sulfide) groups is 1. The van der Waals surface area contributed by atoms with E-state index in [1.807, 2.05) is 54.0 Å². The van der Waals surface area contributed by atoms with E-state index in [9.17, 15) is 4.79 Å². The van der Waals surface area contributed by atoms with E-state index in [4.69, 9.17) is 0 Å². The number of amides is 1. The predicted octanol–water partition coefficient (Wildman–Crippen LogP) is 5.08. The molecule has 0 aliphatic rings. The van der Waals surface area contributed by atoms with Gasteiger partial charge in [-0.2, -0.15) is 0 Å². The molecule has 29 heavy (non-hydrogen) atoms. The van der Waals surface area contributed by atoms with Crippen LogP contribution in [0.1, 0.15) is 17.0 Å². The Hall–Kier alpha value is -3.12. The second-order valence-corrected chi connectivity index (χ2v) is 7.96. The third-order valence-electron chi connectivity index (χ3n) is 4.80. The van der Waals surface area contributed by atoms with Crippen molar-refractivity contribution in [3.63, 3.8) is 0 Å². The molecule has 5 nitrogen and oxygen atoms in total. The number of hydrogen-bond donors (Lipinski definition) is 1. The van der Waals surface area contributed by atoms with E-state index in [0.717, 1.165) is 33.5 Å². The number of hydrogen-bond acceptors (Lipinski definition) is 4. The predicted molar refractivity (Wildman–Crippen MR) is 119 cm³/mol. The van der Waals surface area contributed by atoms with Crippen molar-refractivity contribution in [2.45, 2.75) is 25.9 Å². The monoisotopic (exact) mass is 402 g/mol.